The second-order valence-electron chi connectivity index (χ2n) is 12.7. The number of nitrogens with zero attached hydrogens (tertiary/aromatic N) is 3. The third-order valence-electron chi connectivity index (χ3n) is 8.72. The second-order valence-corrected chi connectivity index (χ2v) is 12.7. The lowest BCUT2D eigenvalue weighted by atomic mass is 9.88. The van der Waals surface area contributed by atoms with Crippen LogP contribution in [0.15, 0.2) is 134 Å². The van der Waals surface area contributed by atoms with Crippen molar-refractivity contribution >= 4 is 32.6 Å². The zero-order valence-electron chi connectivity index (χ0n) is 25.5. The maximum atomic E-state index is 5.32. The molecule has 45 heavy (non-hydrogen) atoms. The van der Waals surface area contributed by atoms with Crippen LogP contribution in [0.1, 0.15) is 26.3 Å². The molecule has 0 bridgehead atoms. The second kappa shape index (κ2) is 10.5. The number of hydrogen-bond donors (Lipinski definition) is 1. The molecule has 0 amide bonds. The summed E-state index contributed by atoms with van der Waals surface area (Å²) < 4.78 is 0. The topological polar surface area (TPSA) is 54.5 Å². The SMILES string of the molecule is CC(C)(C)c1ccc(-c2cccc(-c3cc(-c4cccc5ccncc45)cc(-c4cccc5c4[nH]c4ccccc45)n3)c2)nc1. The van der Waals surface area contributed by atoms with Crippen LogP contribution in [-0.4, -0.2) is 19.9 Å². The summed E-state index contributed by atoms with van der Waals surface area (Å²) in [6, 6.07) is 40.7. The Morgan fingerprint density at radius 2 is 1.31 bits per heavy atom. The molecule has 0 aliphatic heterocycles. The largest absolute Gasteiger partial charge is 0.354 e. The monoisotopic (exact) mass is 580 g/mol. The smallest absolute Gasteiger partial charge is 0.0736 e. The summed E-state index contributed by atoms with van der Waals surface area (Å²) in [5.74, 6) is 0. The summed E-state index contributed by atoms with van der Waals surface area (Å²) >= 11 is 0. The van der Waals surface area contributed by atoms with E-state index in [1.807, 2.05) is 18.6 Å². The molecule has 0 spiro atoms. The lowest BCUT2D eigenvalue weighted by Gasteiger charge is -2.18. The van der Waals surface area contributed by atoms with Gasteiger partial charge in [0.05, 0.1) is 22.6 Å². The average Bonchev–Trinajstić information content (AvgIpc) is 3.46. The number of H-pyrrole nitrogens is 1. The molecule has 4 nitrogen and oxygen atoms in total. The molecule has 0 radical (unpaired) electrons. The van der Waals surface area contributed by atoms with E-state index in [0.29, 0.717) is 0 Å². The van der Waals surface area contributed by atoms with E-state index in [1.54, 1.807) is 0 Å². The summed E-state index contributed by atoms with van der Waals surface area (Å²) in [5, 5.41) is 4.68. The van der Waals surface area contributed by atoms with Crippen LogP contribution < -0.4 is 0 Å². The van der Waals surface area contributed by atoms with Gasteiger partial charge in [0.1, 0.15) is 0 Å². The fourth-order valence-electron chi connectivity index (χ4n) is 6.27. The Morgan fingerprint density at radius 1 is 0.556 bits per heavy atom. The van der Waals surface area contributed by atoms with Crippen LogP contribution in [-0.2, 0) is 5.41 Å². The molecule has 0 saturated heterocycles. The molecule has 4 aromatic heterocycles. The van der Waals surface area contributed by atoms with Crippen LogP contribution in [0.25, 0.3) is 77.5 Å². The van der Waals surface area contributed by atoms with E-state index in [9.17, 15) is 0 Å². The lowest BCUT2D eigenvalue weighted by molar-refractivity contribution is 0.587. The quantitative estimate of drug-likeness (QED) is 0.225. The van der Waals surface area contributed by atoms with Gasteiger partial charge in [-0.25, -0.2) is 4.98 Å². The highest BCUT2D eigenvalue weighted by molar-refractivity contribution is 6.11. The Labute approximate surface area is 262 Å². The first kappa shape index (κ1) is 27.0. The van der Waals surface area contributed by atoms with Gasteiger partial charge >= 0.3 is 0 Å². The van der Waals surface area contributed by atoms with Crippen LogP contribution in [0.2, 0.25) is 0 Å². The molecule has 216 valence electrons. The molecule has 8 rings (SSSR count). The minimum atomic E-state index is 0.0547. The Bertz CT molecular complexity index is 2350. The normalized spacial score (nSPS) is 11.9. The van der Waals surface area contributed by atoms with Gasteiger partial charge in [0.25, 0.3) is 0 Å². The highest BCUT2D eigenvalue weighted by Gasteiger charge is 2.17. The van der Waals surface area contributed by atoms with Crippen molar-refractivity contribution in [3.63, 3.8) is 0 Å². The van der Waals surface area contributed by atoms with Crippen molar-refractivity contribution < 1.29 is 0 Å². The highest BCUT2D eigenvalue weighted by Crippen LogP contribution is 2.38. The van der Waals surface area contributed by atoms with E-state index < -0.39 is 0 Å². The standard InChI is InChI=1S/C41H32N4/c1-41(2,3)30-17-18-36(43-24-30)27-10-6-11-28(21-27)38-22-29(31-13-7-9-26-19-20-42-25-35(26)31)23-39(44-38)34-15-8-14-33-32-12-4-5-16-37(32)45-40(33)34/h4-25,45H,1-3H3. The molecular formula is C41H32N4. The molecular weight excluding hydrogens is 548 g/mol. The van der Waals surface area contributed by atoms with Crippen molar-refractivity contribution in [3.05, 3.63) is 139 Å². The lowest BCUT2D eigenvalue weighted by Crippen LogP contribution is -2.11. The number of hydrogen-bond acceptors (Lipinski definition) is 3. The van der Waals surface area contributed by atoms with Crippen molar-refractivity contribution in [1.82, 2.24) is 19.9 Å². The van der Waals surface area contributed by atoms with E-state index >= 15 is 0 Å². The molecule has 0 aliphatic rings. The van der Waals surface area contributed by atoms with Gasteiger partial charge < -0.3 is 4.98 Å². The average molecular weight is 581 g/mol. The fraction of sp³-hybridized carbons (Fsp3) is 0.0976. The zero-order chi connectivity index (χ0) is 30.5. The van der Waals surface area contributed by atoms with Crippen molar-refractivity contribution in [3.8, 4) is 44.9 Å². The molecule has 8 aromatic rings. The number of para-hydroxylation sites is 2. The minimum absolute atomic E-state index is 0.0547. The van der Waals surface area contributed by atoms with Gasteiger partial charge in [-0.2, -0.15) is 0 Å². The summed E-state index contributed by atoms with van der Waals surface area (Å²) in [6.45, 7) is 6.63. The number of benzene rings is 4. The highest BCUT2D eigenvalue weighted by atomic mass is 14.7. The molecule has 0 unspecified atom stereocenters. The zero-order valence-corrected chi connectivity index (χ0v) is 25.5. The van der Waals surface area contributed by atoms with E-state index in [1.165, 1.54) is 16.3 Å². The third kappa shape index (κ3) is 4.85. The van der Waals surface area contributed by atoms with Crippen molar-refractivity contribution in [2.24, 2.45) is 0 Å². The van der Waals surface area contributed by atoms with Gasteiger partial charge in [0.2, 0.25) is 0 Å². The van der Waals surface area contributed by atoms with Crippen LogP contribution in [0.5, 0.6) is 0 Å². The Kier molecular flexibility index (Phi) is 6.31. The predicted molar refractivity (Wildman–Crippen MR) is 187 cm³/mol. The first-order chi connectivity index (χ1) is 21.9. The van der Waals surface area contributed by atoms with Crippen molar-refractivity contribution in [2.75, 3.05) is 0 Å². The van der Waals surface area contributed by atoms with E-state index in [0.717, 1.165) is 66.7 Å². The number of aromatic amines is 1. The molecule has 1 N–H and O–H groups in total. The van der Waals surface area contributed by atoms with Crippen LogP contribution >= 0.6 is 0 Å². The maximum Gasteiger partial charge on any atom is 0.0736 e. The summed E-state index contributed by atoms with van der Waals surface area (Å²) in [4.78, 5) is 18.3. The van der Waals surface area contributed by atoms with E-state index in [-0.39, 0.29) is 5.41 Å². The van der Waals surface area contributed by atoms with Crippen LogP contribution in [0.4, 0.5) is 0 Å². The molecule has 4 aromatic carbocycles. The van der Waals surface area contributed by atoms with Crippen LogP contribution in [0, 0.1) is 0 Å². The number of fused-ring (bicyclic) bond motifs is 4. The van der Waals surface area contributed by atoms with Crippen LogP contribution in [0.3, 0.4) is 0 Å². The maximum absolute atomic E-state index is 5.32. The first-order valence-corrected chi connectivity index (χ1v) is 15.3. The minimum Gasteiger partial charge on any atom is -0.354 e. The molecule has 4 heteroatoms. The number of rotatable bonds is 4. The molecule has 4 heterocycles. The Balaban J connectivity index is 1.33. The number of nitrogens with one attached hydrogen (secondary N) is 1. The van der Waals surface area contributed by atoms with E-state index in [2.05, 4.69) is 146 Å². The van der Waals surface area contributed by atoms with Gasteiger partial charge in [-0.1, -0.05) is 99.6 Å². The van der Waals surface area contributed by atoms with E-state index in [4.69, 9.17) is 9.97 Å². The van der Waals surface area contributed by atoms with Gasteiger partial charge in [-0.15, -0.1) is 0 Å². The Hall–Kier alpha value is -5.61. The summed E-state index contributed by atoms with van der Waals surface area (Å²) in [6.07, 6.45) is 5.80. The van der Waals surface area contributed by atoms with Gasteiger partial charge in [0, 0.05) is 57.0 Å². The van der Waals surface area contributed by atoms with Crippen molar-refractivity contribution in [2.45, 2.75) is 26.2 Å². The molecule has 0 saturated carbocycles. The number of aromatic nitrogens is 4. The third-order valence-corrected chi connectivity index (χ3v) is 8.72. The van der Waals surface area contributed by atoms with Gasteiger partial charge in [-0.3, -0.25) is 9.97 Å². The summed E-state index contributed by atoms with van der Waals surface area (Å²) in [7, 11) is 0. The van der Waals surface area contributed by atoms with Gasteiger partial charge in [0.15, 0.2) is 0 Å². The Morgan fingerprint density at radius 3 is 2.16 bits per heavy atom. The molecule has 0 fully saturated rings. The predicted octanol–water partition coefficient (Wildman–Crippen LogP) is 10.6. The molecule has 0 atom stereocenters. The first-order valence-electron chi connectivity index (χ1n) is 15.3. The molecule has 0 aliphatic carbocycles. The number of pyridine rings is 3. The van der Waals surface area contributed by atoms with Gasteiger partial charge in [-0.05, 0) is 63.9 Å². The van der Waals surface area contributed by atoms with Crippen molar-refractivity contribution in [1.29, 1.82) is 0 Å². The summed E-state index contributed by atoms with van der Waals surface area (Å²) in [5.41, 5.74) is 11.7. The fourth-order valence-corrected chi connectivity index (χ4v) is 6.27.